The van der Waals surface area contributed by atoms with E-state index in [2.05, 4.69) is 12.2 Å². The van der Waals surface area contributed by atoms with Crippen molar-refractivity contribution in [2.45, 2.75) is 54.9 Å². The Balaban J connectivity index is -0.000000117. The molecule has 1 fully saturated rings. The van der Waals surface area contributed by atoms with Crippen molar-refractivity contribution in [1.82, 2.24) is 5.32 Å². The van der Waals surface area contributed by atoms with Crippen molar-refractivity contribution < 1.29 is 0 Å². The quantitative estimate of drug-likeness (QED) is 0.592. The molecule has 0 aromatic carbocycles. The van der Waals surface area contributed by atoms with Gasteiger partial charge in [0.2, 0.25) is 0 Å². The second-order valence-electron chi connectivity index (χ2n) is 2.10. The highest BCUT2D eigenvalue weighted by Gasteiger charge is 2.06. The monoisotopic (exact) mass is 175 g/mol. The van der Waals surface area contributed by atoms with Crippen molar-refractivity contribution in [3.05, 3.63) is 0 Å². The summed E-state index contributed by atoms with van der Waals surface area (Å²) in [5, 5.41) is 3.27. The average molecular weight is 175 g/mol. The molecule has 0 aliphatic carbocycles. The number of rotatable bonds is 0. The zero-order valence-electron chi connectivity index (χ0n) is 10.2. The summed E-state index contributed by atoms with van der Waals surface area (Å²) in [6.45, 7) is 16.8. The first kappa shape index (κ1) is 17.9. The van der Waals surface area contributed by atoms with Crippen LogP contribution < -0.4 is 5.32 Å². The predicted molar refractivity (Wildman–Crippen MR) is 60.7 cm³/mol. The molecule has 0 aromatic rings. The summed E-state index contributed by atoms with van der Waals surface area (Å²) < 4.78 is 0. The molecule has 1 nitrogen and oxygen atoms in total. The highest BCUT2D eigenvalue weighted by atomic mass is 14.9. The Kier molecular flexibility index (Phi) is 33.5. The Hall–Kier alpha value is -0.0400. The summed E-state index contributed by atoms with van der Waals surface area (Å²) in [7, 11) is 0. The van der Waals surface area contributed by atoms with Crippen LogP contribution in [-0.4, -0.2) is 13.1 Å². The zero-order chi connectivity index (χ0) is 10.4. The molecule has 1 atom stereocenters. The average Bonchev–Trinajstić information content (AvgIpc) is 2.66. The Labute approximate surface area is 80.0 Å². The van der Waals surface area contributed by atoms with Gasteiger partial charge in [-0.15, -0.1) is 0 Å². The third-order valence-corrected chi connectivity index (χ3v) is 1.31. The number of hydrogen-bond donors (Lipinski definition) is 1. The summed E-state index contributed by atoms with van der Waals surface area (Å²) in [6.07, 6.45) is 1.38. The van der Waals surface area contributed by atoms with Gasteiger partial charge in [0.05, 0.1) is 0 Å². The molecule has 1 rings (SSSR count). The van der Waals surface area contributed by atoms with Crippen molar-refractivity contribution in [1.29, 1.82) is 0 Å². The Bertz CT molecular complexity index is 38.3. The van der Waals surface area contributed by atoms with Gasteiger partial charge in [-0.25, -0.2) is 0 Å². The molecule has 0 radical (unpaired) electrons. The minimum Gasteiger partial charge on any atom is -0.316 e. The largest absolute Gasteiger partial charge is 0.316 e. The molecule has 12 heavy (non-hydrogen) atoms. The van der Waals surface area contributed by atoms with E-state index in [0.717, 1.165) is 5.92 Å². The fraction of sp³-hybridized carbons (Fsp3) is 1.00. The Morgan fingerprint density at radius 3 is 1.42 bits per heavy atom. The van der Waals surface area contributed by atoms with Gasteiger partial charge in [0, 0.05) is 0 Å². The van der Waals surface area contributed by atoms with Gasteiger partial charge in [0.15, 0.2) is 0 Å². The van der Waals surface area contributed by atoms with Crippen LogP contribution in [-0.2, 0) is 0 Å². The van der Waals surface area contributed by atoms with E-state index >= 15 is 0 Å². The summed E-state index contributed by atoms with van der Waals surface area (Å²) in [5.74, 6) is 0.935. The molecule has 1 heteroatoms. The van der Waals surface area contributed by atoms with Gasteiger partial charge in [-0.1, -0.05) is 48.5 Å². The van der Waals surface area contributed by atoms with E-state index in [1.54, 1.807) is 0 Å². The first-order chi connectivity index (χ1) is 5.89. The molecule has 1 aliphatic heterocycles. The van der Waals surface area contributed by atoms with Gasteiger partial charge in [0.1, 0.15) is 0 Å². The van der Waals surface area contributed by atoms with Crippen molar-refractivity contribution in [2.75, 3.05) is 13.1 Å². The lowest BCUT2D eigenvalue weighted by Crippen LogP contribution is -2.06. The van der Waals surface area contributed by atoms with Crippen molar-refractivity contribution in [3.8, 4) is 0 Å². The van der Waals surface area contributed by atoms with E-state index in [-0.39, 0.29) is 0 Å². The van der Waals surface area contributed by atoms with E-state index in [0.29, 0.717) is 0 Å². The molecule has 0 amide bonds. The molecule has 1 saturated heterocycles. The normalized spacial score (nSPS) is 18.8. The third kappa shape index (κ3) is 16.5. The molecular formula is C11H29N. The van der Waals surface area contributed by atoms with Crippen molar-refractivity contribution >= 4 is 0 Å². The number of hydrogen-bond acceptors (Lipinski definition) is 1. The highest BCUT2D eigenvalue weighted by molar-refractivity contribution is 4.65. The molecule has 78 valence electrons. The standard InChI is InChI=1S/C5H11N.3C2H6/c1-5-2-3-6-4-5;3*1-2/h5-6H,2-4H2,1H3;3*1-2H3. The Morgan fingerprint density at radius 2 is 1.33 bits per heavy atom. The lowest BCUT2D eigenvalue weighted by molar-refractivity contribution is 0.651. The molecule has 0 aromatic heterocycles. The van der Waals surface area contributed by atoms with E-state index in [4.69, 9.17) is 0 Å². The number of nitrogens with one attached hydrogen (secondary N) is 1. The smallest absolute Gasteiger partial charge is 0.00227 e. The van der Waals surface area contributed by atoms with Gasteiger partial charge in [-0.2, -0.15) is 0 Å². The van der Waals surface area contributed by atoms with Gasteiger partial charge >= 0.3 is 0 Å². The molecule has 1 N–H and O–H groups in total. The SMILES string of the molecule is CC.CC.CC.CC1CCNC1. The Morgan fingerprint density at radius 1 is 0.917 bits per heavy atom. The summed E-state index contributed by atoms with van der Waals surface area (Å²) in [5.41, 5.74) is 0. The first-order valence-electron chi connectivity index (χ1n) is 5.60. The van der Waals surface area contributed by atoms with Crippen LogP contribution in [0.5, 0.6) is 0 Å². The molecule has 1 unspecified atom stereocenters. The first-order valence-corrected chi connectivity index (χ1v) is 5.60. The van der Waals surface area contributed by atoms with E-state index < -0.39 is 0 Å². The second kappa shape index (κ2) is 22.4. The zero-order valence-corrected chi connectivity index (χ0v) is 10.2. The van der Waals surface area contributed by atoms with Crippen LogP contribution in [0, 0.1) is 5.92 Å². The molecule has 0 saturated carbocycles. The third-order valence-electron chi connectivity index (χ3n) is 1.31. The van der Waals surface area contributed by atoms with Gasteiger partial charge in [-0.05, 0) is 25.4 Å². The maximum absolute atomic E-state index is 3.27. The predicted octanol–water partition coefficient (Wildman–Crippen LogP) is 3.69. The van der Waals surface area contributed by atoms with Crippen LogP contribution in [0.25, 0.3) is 0 Å². The van der Waals surface area contributed by atoms with Gasteiger partial charge in [-0.3, -0.25) is 0 Å². The van der Waals surface area contributed by atoms with E-state index in [1.165, 1.54) is 19.5 Å². The topological polar surface area (TPSA) is 12.0 Å². The molecule has 1 heterocycles. The van der Waals surface area contributed by atoms with Crippen LogP contribution in [0.15, 0.2) is 0 Å². The lowest BCUT2D eigenvalue weighted by atomic mass is 10.2. The van der Waals surface area contributed by atoms with Crippen LogP contribution in [0.2, 0.25) is 0 Å². The van der Waals surface area contributed by atoms with Gasteiger partial charge < -0.3 is 5.32 Å². The maximum Gasteiger partial charge on any atom is -0.00227 e. The highest BCUT2D eigenvalue weighted by Crippen LogP contribution is 2.03. The maximum atomic E-state index is 3.27. The molecule has 1 aliphatic rings. The summed E-state index contributed by atoms with van der Waals surface area (Å²) in [6, 6.07) is 0. The minimum atomic E-state index is 0.935. The fourth-order valence-corrected chi connectivity index (χ4v) is 0.799. The molecule has 0 bridgehead atoms. The van der Waals surface area contributed by atoms with E-state index in [9.17, 15) is 0 Å². The molecular weight excluding hydrogens is 146 g/mol. The minimum absolute atomic E-state index is 0.935. The van der Waals surface area contributed by atoms with Crippen molar-refractivity contribution in [3.63, 3.8) is 0 Å². The van der Waals surface area contributed by atoms with E-state index in [1.807, 2.05) is 41.5 Å². The van der Waals surface area contributed by atoms with Crippen LogP contribution in [0.4, 0.5) is 0 Å². The lowest BCUT2D eigenvalue weighted by Gasteiger charge is -1.90. The second-order valence-corrected chi connectivity index (χ2v) is 2.10. The van der Waals surface area contributed by atoms with Crippen LogP contribution >= 0.6 is 0 Å². The summed E-state index contributed by atoms with van der Waals surface area (Å²) >= 11 is 0. The van der Waals surface area contributed by atoms with Crippen LogP contribution in [0.3, 0.4) is 0 Å². The van der Waals surface area contributed by atoms with Crippen molar-refractivity contribution in [2.24, 2.45) is 5.92 Å². The van der Waals surface area contributed by atoms with Crippen LogP contribution in [0.1, 0.15) is 54.9 Å². The fourth-order valence-electron chi connectivity index (χ4n) is 0.799. The van der Waals surface area contributed by atoms with Gasteiger partial charge in [0.25, 0.3) is 0 Å². The molecule has 0 spiro atoms. The summed E-state index contributed by atoms with van der Waals surface area (Å²) in [4.78, 5) is 0.